The Hall–Kier alpha value is -2.05. The Morgan fingerprint density at radius 3 is 2.45 bits per heavy atom. The summed E-state index contributed by atoms with van der Waals surface area (Å²) in [6.07, 6.45) is 0. The average Bonchev–Trinajstić information content (AvgIpc) is 2.78. The van der Waals surface area contributed by atoms with Crippen molar-refractivity contribution in [3.05, 3.63) is 17.3 Å². The first-order valence-electron chi connectivity index (χ1n) is 7.46. The zero-order chi connectivity index (χ0) is 16.8. The van der Waals surface area contributed by atoms with Crippen LogP contribution in [0.25, 0.3) is 0 Å². The van der Waals surface area contributed by atoms with Gasteiger partial charge in [-0.1, -0.05) is 0 Å². The van der Waals surface area contributed by atoms with Crippen molar-refractivity contribution in [1.29, 1.82) is 0 Å². The lowest BCUT2D eigenvalue weighted by atomic mass is 9.92. The van der Waals surface area contributed by atoms with Gasteiger partial charge >= 0.3 is 0 Å². The molecule has 0 bridgehead atoms. The van der Waals surface area contributed by atoms with Gasteiger partial charge in [0.15, 0.2) is 5.96 Å². The van der Waals surface area contributed by atoms with Gasteiger partial charge in [0.25, 0.3) is 0 Å². The number of carbonyl (C=O) groups excluding carboxylic acids is 1. The highest BCUT2D eigenvalue weighted by atomic mass is 16.4. The molecule has 1 aromatic heterocycles. The first kappa shape index (κ1) is 18.0. The SMILES string of the molecule is CCNC(=O)C(C)(C)CNC(=NC)NCc1nc(C)c(C)o1. The van der Waals surface area contributed by atoms with Crippen LogP contribution in [0.3, 0.4) is 0 Å². The second kappa shape index (κ2) is 7.82. The molecule has 0 saturated carbocycles. The minimum atomic E-state index is -0.524. The first-order chi connectivity index (χ1) is 10.3. The number of aliphatic imine (C=N–C) groups is 1. The lowest BCUT2D eigenvalue weighted by Crippen LogP contribution is -2.47. The summed E-state index contributed by atoms with van der Waals surface area (Å²) < 4.78 is 5.50. The fourth-order valence-corrected chi connectivity index (χ4v) is 1.78. The van der Waals surface area contributed by atoms with Crippen molar-refractivity contribution in [1.82, 2.24) is 20.9 Å². The lowest BCUT2D eigenvalue weighted by Gasteiger charge is -2.24. The van der Waals surface area contributed by atoms with Gasteiger partial charge in [0.05, 0.1) is 17.7 Å². The van der Waals surface area contributed by atoms with E-state index in [4.69, 9.17) is 4.42 Å². The van der Waals surface area contributed by atoms with Crippen LogP contribution in [0.1, 0.15) is 38.1 Å². The maximum atomic E-state index is 11.9. The van der Waals surface area contributed by atoms with Crippen LogP contribution in [-0.4, -0.2) is 37.0 Å². The van der Waals surface area contributed by atoms with Crippen LogP contribution < -0.4 is 16.0 Å². The average molecular weight is 309 g/mol. The Kier molecular flexibility index (Phi) is 6.39. The number of nitrogens with zero attached hydrogens (tertiary/aromatic N) is 2. The normalized spacial score (nSPS) is 12.2. The fraction of sp³-hybridized carbons (Fsp3) is 0.667. The molecule has 124 valence electrons. The number of hydrogen-bond acceptors (Lipinski definition) is 4. The molecule has 0 atom stereocenters. The van der Waals surface area contributed by atoms with Crippen molar-refractivity contribution in [2.24, 2.45) is 10.4 Å². The Morgan fingerprint density at radius 1 is 1.27 bits per heavy atom. The smallest absolute Gasteiger partial charge is 0.227 e. The molecule has 3 N–H and O–H groups in total. The molecule has 1 rings (SSSR count). The predicted molar refractivity (Wildman–Crippen MR) is 86.6 cm³/mol. The van der Waals surface area contributed by atoms with E-state index in [1.54, 1.807) is 7.05 Å². The molecule has 0 aliphatic rings. The predicted octanol–water partition coefficient (Wildman–Crippen LogP) is 1.12. The third-order valence-corrected chi connectivity index (χ3v) is 3.35. The number of nitrogens with one attached hydrogen (secondary N) is 3. The molecule has 7 heteroatoms. The Bertz CT molecular complexity index is 515. The van der Waals surface area contributed by atoms with Crippen molar-refractivity contribution < 1.29 is 9.21 Å². The third kappa shape index (κ3) is 5.05. The fourth-order valence-electron chi connectivity index (χ4n) is 1.78. The summed E-state index contributed by atoms with van der Waals surface area (Å²) in [5.74, 6) is 2.04. The summed E-state index contributed by atoms with van der Waals surface area (Å²) in [6.45, 7) is 11.0. The Balaban J connectivity index is 2.50. The number of carbonyl (C=O) groups is 1. The van der Waals surface area contributed by atoms with Crippen LogP contribution in [-0.2, 0) is 11.3 Å². The number of oxazole rings is 1. The Morgan fingerprint density at radius 2 is 1.95 bits per heavy atom. The van der Waals surface area contributed by atoms with E-state index in [0.717, 1.165) is 11.5 Å². The number of aryl methyl sites for hydroxylation is 2. The third-order valence-electron chi connectivity index (χ3n) is 3.35. The van der Waals surface area contributed by atoms with Crippen molar-refractivity contribution in [2.75, 3.05) is 20.1 Å². The summed E-state index contributed by atoms with van der Waals surface area (Å²) in [5.41, 5.74) is 0.362. The molecule has 0 fully saturated rings. The number of hydrogen-bond donors (Lipinski definition) is 3. The second-order valence-electron chi connectivity index (χ2n) is 5.77. The standard InChI is InChI=1S/C15H27N5O2/c1-7-17-13(21)15(4,5)9-19-14(16-6)18-8-12-20-10(2)11(3)22-12/h7-9H2,1-6H3,(H,17,21)(H2,16,18,19). The van der Waals surface area contributed by atoms with Crippen molar-refractivity contribution in [2.45, 2.75) is 41.2 Å². The molecule has 22 heavy (non-hydrogen) atoms. The zero-order valence-corrected chi connectivity index (χ0v) is 14.3. The monoisotopic (exact) mass is 309 g/mol. The van der Waals surface area contributed by atoms with E-state index in [-0.39, 0.29) is 5.91 Å². The van der Waals surface area contributed by atoms with Crippen molar-refractivity contribution in [3.63, 3.8) is 0 Å². The highest BCUT2D eigenvalue weighted by Crippen LogP contribution is 2.13. The summed E-state index contributed by atoms with van der Waals surface area (Å²) in [4.78, 5) is 20.4. The molecule has 0 unspecified atom stereocenters. The van der Waals surface area contributed by atoms with Gasteiger partial charge in [-0.2, -0.15) is 0 Å². The van der Waals surface area contributed by atoms with E-state index >= 15 is 0 Å². The molecule has 1 amide bonds. The van der Waals surface area contributed by atoms with Crippen molar-refractivity contribution >= 4 is 11.9 Å². The molecule has 1 aromatic rings. The molecule has 0 saturated heterocycles. The number of aromatic nitrogens is 1. The van der Waals surface area contributed by atoms with E-state index in [9.17, 15) is 4.79 Å². The number of rotatable bonds is 6. The summed E-state index contributed by atoms with van der Waals surface area (Å²) >= 11 is 0. The molecule has 0 radical (unpaired) electrons. The van der Waals surface area contributed by atoms with E-state index in [1.807, 2.05) is 34.6 Å². The first-order valence-corrected chi connectivity index (χ1v) is 7.46. The van der Waals surface area contributed by atoms with Gasteiger partial charge < -0.3 is 20.4 Å². The molecule has 1 heterocycles. The minimum absolute atomic E-state index is 0.0110. The van der Waals surface area contributed by atoms with Gasteiger partial charge in [0.2, 0.25) is 11.8 Å². The van der Waals surface area contributed by atoms with Crippen LogP contribution >= 0.6 is 0 Å². The molecule has 0 aliphatic carbocycles. The minimum Gasteiger partial charge on any atom is -0.444 e. The van der Waals surface area contributed by atoms with Crippen LogP contribution in [0.2, 0.25) is 0 Å². The summed E-state index contributed by atoms with van der Waals surface area (Å²) in [6, 6.07) is 0. The largest absolute Gasteiger partial charge is 0.444 e. The number of amides is 1. The van der Waals surface area contributed by atoms with Gasteiger partial charge in [0, 0.05) is 20.1 Å². The number of guanidine groups is 1. The van der Waals surface area contributed by atoms with Crippen LogP contribution in [0.15, 0.2) is 9.41 Å². The molecule has 0 aromatic carbocycles. The molecular formula is C15H27N5O2. The van der Waals surface area contributed by atoms with Gasteiger partial charge in [-0.05, 0) is 34.6 Å². The van der Waals surface area contributed by atoms with Gasteiger partial charge in [-0.15, -0.1) is 0 Å². The Labute approximate surface area is 132 Å². The highest BCUT2D eigenvalue weighted by Gasteiger charge is 2.27. The maximum Gasteiger partial charge on any atom is 0.227 e. The topological polar surface area (TPSA) is 91.5 Å². The van der Waals surface area contributed by atoms with E-state index < -0.39 is 5.41 Å². The lowest BCUT2D eigenvalue weighted by molar-refractivity contribution is -0.128. The maximum absolute atomic E-state index is 11.9. The summed E-state index contributed by atoms with van der Waals surface area (Å²) in [5, 5.41) is 9.10. The van der Waals surface area contributed by atoms with Gasteiger partial charge in [-0.25, -0.2) is 4.98 Å². The molecular weight excluding hydrogens is 282 g/mol. The molecule has 0 spiro atoms. The van der Waals surface area contributed by atoms with Crippen LogP contribution in [0, 0.1) is 19.3 Å². The quantitative estimate of drug-likeness (QED) is 0.541. The highest BCUT2D eigenvalue weighted by molar-refractivity contribution is 5.84. The van der Waals surface area contributed by atoms with E-state index in [1.165, 1.54) is 0 Å². The molecule has 7 nitrogen and oxygen atoms in total. The summed E-state index contributed by atoms with van der Waals surface area (Å²) in [7, 11) is 1.68. The van der Waals surface area contributed by atoms with E-state index in [2.05, 4.69) is 25.9 Å². The second-order valence-corrected chi connectivity index (χ2v) is 5.77. The van der Waals surface area contributed by atoms with Crippen molar-refractivity contribution in [3.8, 4) is 0 Å². The van der Waals surface area contributed by atoms with Crippen LogP contribution in [0.5, 0.6) is 0 Å². The van der Waals surface area contributed by atoms with E-state index in [0.29, 0.717) is 31.5 Å². The van der Waals surface area contributed by atoms with Crippen LogP contribution in [0.4, 0.5) is 0 Å². The zero-order valence-electron chi connectivity index (χ0n) is 14.3. The van der Waals surface area contributed by atoms with Gasteiger partial charge in [0.1, 0.15) is 5.76 Å². The van der Waals surface area contributed by atoms with Gasteiger partial charge in [-0.3, -0.25) is 9.79 Å². The molecule has 0 aliphatic heterocycles.